The normalized spacial score (nSPS) is 10.4. The Hall–Kier alpha value is -1.76. The van der Waals surface area contributed by atoms with Crippen LogP contribution in [0.25, 0.3) is 17.0 Å². The van der Waals surface area contributed by atoms with Gasteiger partial charge in [0.25, 0.3) is 0 Å². The summed E-state index contributed by atoms with van der Waals surface area (Å²) >= 11 is 0. The van der Waals surface area contributed by atoms with Gasteiger partial charge in [-0.05, 0) is 45.9 Å². The van der Waals surface area contributed by atoms with Crippen molar-refractivity contribution < 1.29 is 0 Å². The van der Waals surface area contributed by atoms with E-state index in [2.05, 4.69) is 74.7 Å². The summed E-state index contributed by atoms with van der Waals surface area (Å²) in [6, 6.07) is 10.8. The second-order valence-electron chi connectivity index (χ2n) is 5.24. The summed E-state index contributed by atoms with van der Waals surface area (Å²) in [4.78, 5) is 0. The average molecular weight is 239 g/mol. The SMILES string of the molecule is CC(C)=CCn1c(C=C(C)C)cc2ccccc21. The van der Waals surface area contributed by atoms with Crippen molar-refractivity contribution in [3.8, 4) is 0 Å². The van der Waals surface area contributed by atoms with Crippen molar-refractivity contribution in [3.05, 3.63) is 53.2 Å². The fourth-order valence-electron chi connectivity index (χ4n) is 2.12. The molecule has 0 N–H and O–H groups in total. The summed E-state index contributed by atoms with van der Waals surface area (Å²) in [6.07, 6.45) is 4.52. The minimum absolute atomic E-state index is 0.939. The number of benzene rings is 1. The largest absolute Gasteiger partial charge is 0.337 e. The lowest BCUT2D eigenvalue weighted by Gasteiger charge is -2.06. The first-order valence-corrected chi connectivity index (χ1v) is 6.44. The van der Waals surface area contributed by atoms with Gasteiger partial charge in [-0.1, -0.05) is 35.4 Å². The Balaban J connectivity index is 2.57. The van der Waals surface area contributed by atoms with E-state index < -0.39 is 0 Å². The minimum atomic E-state index is 0.939. The van der Waals surface area contributed by atoms with Crippen LogP contribution in [-0.2, 0) is 6.54 Å². The van der Waals surface area contributed by atoms with Gasteiger partial charge in [0.15, 0.2) is 0 Å². The molecule has 1 heterocycles. The highest BCUT2D eigenvalue weighted by molar-refractivity contribution is 5.83. The van der Waals surface area contributed by atoms with E-state index in [1.165, 1.54) is 27.7 Å². The van der Waals surface area contributed by atoms with Gasteiger partial charge in [0.05, 0.1) is 0 Å². The van der Waals surface area contributed by atoms with Crippen molar-refractivity contribution in [2.75, 3.05) is 0 Å². The topological polar surface area (TPSA) is 4.93 Å². The van der Waals surface area contributed by atoms with E-state index in [1.54, 1.807) is 0 Å². The van der Waals surface area contributed by atoms with E-state index >= 15 is 0 Å². The number of hydrogen-bond donors (Lipinski definition) is 0. The number of hydrogen-bond acceptors (Lipinski definition) is 0. The standard InChI is InChI=1S/C17H21N/c1-13(2)9-10-18-16(11-14(3)4)12-15-7-5-6-8-17(15)18/h5-9,11-12H,10H2,1-4H3. The van der Waals surface area contributed by atoms with Crippen molar-refractivity contribution in [1.82, 2.24) is 4.57 Å². The van der Waals surface area contributed by atoms with Crippen molar-refractivity contribution in [2.45, 2.75) is 34.2 Å². The first kappa shape index (κ1) is 12.7. The Labute approximate surface area is 109 Å². The van der Waals surface area contributed by atoms with E-state index in [9.17, 15) is 0 Å². The molecular weight excluding hydrogens is 218 g/mol. The van der Waals surface area contributed by atoms with Crippen LogP contribution >= 0.6 is 0 Å². The molecule has 1 heteroatoms. The van der Waals surface area contributed by atoms with Gasteiger partial charge in [-0.15, -0.1) is 0 Å². The third kappa shape index (κ3) is 2.73. The highest BCUT2D eigenvalue weighted by Gasteiger charge is 2.05. The molecule has 0 radical (unpaired) electrons. The maximum absolute atomic E-state index is 2.37. The van der Waals surface area contributed by atoms with Gasteiger partial charge >= 0.3 is 0 Å². The summed E-state index contributed by atoms with van der Waals surface area (Å²) in [5.74, 6) is 0. The quantitative estimate of drug-likeness (QED) is 0.662. The van der Waals surface area contributed by atoms with E-state index in [4.69, 9.17) is 0 Å². The summed E-state index contributed by atoms with van der Waals surface area (Å²) < 4.78 is 2.37. The van der Waals surface area contributed by atoms with Gasteiger partial charge in [0.2, 0.25) is 0 Å². The van der Waals surface area contributed by atoms with Gasteiger partial charge < -0.3 is 4.57 Å². The highest BCUT2D eigenvalue weighted by Crippen LogP contribution is 2.22. The Morgan fingerprint density at radius 3 is 2.44 bits per heavy atom. The molecule has 0 aliphatic rings. The number of para-hydroxylation sites is 1. The third-order valence-corrected chi connectivity index (χ3v) is 2.96. The average Bonchev–Trinajstić information content (AvgIpc) is 2.62. The Morgan fingerprint density at radius 1 is 1.06 bits per heavy atom. The lowest BCUT2D eigenvalue weighted by molar-refractivity contribution is 0.845. The molecule has 0 amide bonds. The smallest absolute Gasteiger partial charge is 0.0488 e. The minimum Gasteiger partial charge on any atom is -0.337 e. The molecule has 0 spiro atoms. The molecule has 94 valence electrons. The molecule has 2 rings (SSSR count). The Bertz CT molecular complexity index is 604. The monoisotopic (exact) mass is 239 g/mol. The second kappa shape index (κ2) is 5.26. The summed E-state index contributed by atoms with van der Waals surface area (Å²) in [5, 5.41) is 1.31. The predicted octanol–water partition coefficient (Wildman–Crippen LogP) is 5.03. The van der Waals surface area contributed by atoms with Gasteiger partial charge in [-0.3, -0.25) is 0 Å². The zero-order valence-corrected chi connectivity index (χ0v) is 11.7. The third-order valence-electron chi connectivity index (χ3n) is 2.96. The zero-order valence-electron chi connectivity index (χ0n) is 11.7. The molecule has 0 aliphatic heterocycles. The summed E-state index contributed by atoms with van der Waals surface area (Å²) in [7, 11) is 0. The molecule has 0 fully saturated rings. The van der Waals surface area contributed by atoms with Gasteiger partial charge in [0, 0.05) is 23.1 Å². The number of aromatic nitrogens is 1. The van der Waals surface area contributed by atoms with E-state index in [0.29, 0.717) is 0 Å². The Morgan fingerprint density at radius 2 is 1.78 bits per heavy atom. The van der Waals surface area contributed by atoms with Crippen LogP contribution in [0.5, 0.6) is 0 Å². The van der Waals surface area contributed by atoms with Gasteiger partial charge in [-0.25, -0.2) is 0 Å². The van der Waals surface area contributed by atoms with Crippen LogP contribution in [0.2, 0.25) is 0 Å². The zero-order chi connectivity index (χ0) is 13.1. The summed E-state index contributed by atoms with van der Waals surface area (Å²) in [6.45, 7) is 9.51. The molecule has 1 nitrogen and oxygen atoms in total. The first-order valence-electron chi connectivity index (χ1n) is 6.44. The van der Waals surface area contributed by atoms with Crippen LogP contribution in [-0.4, -0.2) is 4.57 Å². The van der Waals surface area contributed by atoms with Crippen molar-refractivity contribution >= 4 is 17.0 Å². The molecule has 18 heavy (non-hydrogen) atoms. The fourth-order valence-corrected chi connectivity index (χ4v) is 2.12. The molecule has 0 saturated carbocycles. The first-order chi connectivity index (χ1) is 8.58. The molecule has 0 atom stereocenters. The van der Waals surface area contributed by atoms with Crippen LogP contribution in [0.1, 0.15) is 33.4 Å². The van der Waals surface area contributed by atoms with Crippen LogP contribution in [0.15, 0.2) is 47.6 Å². The van der Waals surface area contributed by atoms with Crippen molar-refractivity contribution in [2.24, 2.45) is 0 Å². The van der Waals surface area contributed by atoms with Crippen LogP contribution < -0.4 is 0 Å². The van der Waals surface area contributed by atoms with Crippen molar-refractivity contribution in [3.63, 3.8) is 0 Å². The molecular formula is C17H21N. The van der Waals surface area contributed by atoms with E-state index in [0.717, 1.165) is 6.54 Å². The molecule has 1 aromatic carbocycles. The maximum Gasteiger partial charge on any atom is 0.0488 e. The van der Waals surface area contributed by atoms with Gasteiger partial charge in [-0.2, -0.15) is 0 Å². The summed E-state index contributed by atoms with van der Waals surface area (Å²) in [5.41, 5.74) is 5.28. The Kier molecular flexibility index (Phi) is 3.71. The molecule has 1 aromatic heterocycles. The number of rotatable bonds is 3. The number of fused-ring (bicyclic) bond motifs is 1. The van der Waals surface area contributed by atoms with E-state index in [1.807, 2.05) is 0 Å². The highest BCUT2D eigenvalue weighted by atomic mass is 15.0. The van der Waals surface area contributed by atoms with Crippen LogP contribution in [0.3, 0.4) is 0 Å². The molecule has 0 aliphatic carbocycles. The van der Waals surface area contributed by atoms with Crippen molar-refractivity contribution in [1.29, 1.82) is 0 Å². The van der Waals surface area contributed by atoms with Crippen LogP contribution in [0.4, 0.5) is 0 Å². The predicted molar refractivity (Wildman–Crippen MR) is 80.7 cm³/mol. The lowest BCUT2D eigenvalue weighted by Crippen LogP contribution is -1.98. The number of nitrogens with zero attached hydrogens (tertiary/aromatic N) is 1. The van der Waals surface area contributed by atoms with Gasteiger partial charge in [0.1, 0.15) is 0 Å². The molecule has 0 unspecified atom stereocenters. The maximum atomic E-state index is 2.37. The van der Waals surface area contributed by atoms with E-state index in [-0.39, 0.29) is 0 Å². The second-order valence-corrected chi connectivity index (χ2v) is 5.24. The molecule has 0 bridgehead atoms. The molecule has 0 saturated heterocycles. The molecule has 2 aromatic rings. The van der Waals surface area contributed by atoms with Crippen LogP contribution in [0, 0.1) is 0 Å². The lowest BCUT2D eigenvalue weighted by atomic mass is 10.2. The number of allylic oxidation sites excluding steroid dienone is 3. The fraction of sp³-hybridized carbons (Fsp3) is 0.294.